The molecule has 0 fully saturated rings. The first-order valence-electron chi connectivity index (χ1n) is 10.6. The standard InChI is InChI=1S/C22H40NO5P/c1-10-26-29(25,27-11-2)23(20(24)28-21(5,6)7)18(4)14-15-19-17(3)13-12-16-22(19,8)9/h14-15,18H,10-13,16H2,1-9H3/b15-14+. The lowest BCUT2D eigenvalue weighted by atomic mass is 9.72. The molecule has 168 valence electrons. The van der Waals surface area contributed by atoms with E-state index in [1.165, 1.54) is 17.6 Å². The van der Waals surface area contributed by atoms with Gasteiger partial charge in [0.25, 0.3) is 0 Å². The number of carbonyl (C=O) groups excluding carboxylic acids is 1. The molecule has 0 aromatic heterocycles. The van der Waals surface area contributed by atoms with Gasteiger partial charge in [-0.05, 0) is 78.7 Å². The average molecular weight is 430 g/mol. The highest BCUT2D eigenvalue weighted by molar-refractivity contribution is 7.52. The Labute approximate surface area is 177 Å². The molecule has 0 spiro atoms. The van der Waals surface area contributed by atoms with Crippen LogP contribution < -0.4 is 0 Å². The Bertz CT molecular complexity index is 665. The zero-order valence-electron chi connectivity index (χ0n) is 19.7. The number of nitrogens with zero attached hydrogens (tertiary/aromatic N) is 1. The molecular weight excluding hydrogens is 389 g/mol. The molecule has 1 aliphatic carbocycles. The minimum Gasteiger partial charge on any atom is -0.443 e. The van der Waals surface area contributed by atoms with E-state index in [1.54, 1.807) is 41.5 Å². The van der Waals surface area contributed by atoms with Gasteiger partial charge in [-0.1, -0.05) is 31.6 Å². The van der Waals surface area contributed by atoms with E-state index < -0.39 is 25.5 Å². The summed E-state index contributed by atoms with van der Waals surface area (Å²) >= 11 is 0. The molecule has 1 unspecified atom stereocenters. The van der Waals surface area contributed by atoms with E-state index in [0.717, 1.165) is 17.5 Å². The summed E-state index contributed by atoms with van der Waals surface area (Å²) in [7, 11) is -3.85. The summed E-state index contributed by atoms with van der Waals surface area (Å²) < 4.78 is 31.0. The van der Waals surface area contributed by atoms with Gasteiger partial charge < -0.3 is 4.74 Å². The Balaban J connectivity index is 3.30. The Morgan fingerprint density at radius 1 is 1.24 bits per heavy atom. The first kappa shape index (κ1) is 25.9. The third-order valence-electron chi connectivity index (χ3n) is 4.90. The highest BCUT2D eigenvalue weighted by Crippen LogP contribution is 2.54. The maximum absolute atomic E-state index is 13.5. The predicted octanol–water partition coefficient (Wildman–Crippen LogP) is 6.88. The number of ether oxygens (including phenoxy) is 1. The van der Waals surface area contributed by atoms with Crippen LogP contribution in [0.1, 0.15) is 81.6 Å². The molecule has 7 heteroatoms. The van der Waals surface area contributed by atoms with Gasteiger partial charge in [-0.15, -0.1) is 0 Å². The van der Waals surface area contributed by atoms with Gasteiger partial charge in [-0.3, -0.25) is 9.05 Å². The van der Waals surface area contributed by atoms with Crippen LogP contribution in [-0.4, -0.2) is 35.6 Å². The van der Waals surface area contributed by atoms with Crippen molar-refractivity contribution >= 4 is 13.8 Å². The maximum atomic E-state index is 13.5. The van der Waals surface area contributed by atoms with Crippen molar-refractivity contribution < 1.29 is 23.1 Å². The normalized spacial score (nSPS) is 18.8. The van der Waals surface area contributed by atoms with Gasteiger partial charge in [0.05, 0.1) is 19.3 Å². The molecule has 0 N–H and O–H groups in total. The van der Waals surface area contributed by atoms with Crippen LogP contribution in [0.3, 0.4) is 0 Å². The summed E-state index contributed by atoms with van der Waals surface area (Å²) in [5.74, 6) is 0. The van der Waals surface area contributed by atoms with Crippen molar-refractivity contribution in [3.8, 4) is 0 Å². The van der Waals surface area contributed by atoms with Crippen LogP contribution in [0.25, 0.3) is 0 Å². The molecular formula is C22H40NO5P. The molecule has 0 bridgehead atoms. The van der Waals surface area contributed by atoms with Gasteiger partial charge in [0.2, 0.25) is 0 Å². The Hall–Kier alpha value is -1.10. The van der Waals surface area contributed by atoms with Gasteiger partial charge in [0, 0.05) is 0 Å². The Morgan fingerprint density at radius 3 is 2.24 bits per heavy atom. The van der Waals surface area contributed by atoms with Crippen LogP contribution >= 0.6 is 7.75 Å². The van der Waals surface area contributed by atoms with Crippen molar-refractivity contribution in [2.45, 2.75) is 93.2 Å². The van der Waals surface area contributed by atoms with Crippen LogP contribution in [0.2, 0.25) is 0 Å². The summed E-state index contributed by atoms with van der Waals surface area (Å²) in [6, 6.07) is -0.535. The smallest absolute Gasteiger partial charge is 0.440 e. The maximum Gasteiger partial charge on any atom is 0.440 e. The SMILES string of the molecule is CCOP(=O)(OCC)N(C(=O)OC(C)(C)C)C(C)/C=C/C1=C(C)CCCC1(C)C. The second-order valence-corrected chi connectivity index (χ2v) is 11.0. The van der Waals surface area contributed by atoms with Crippen molar-refractivity contribution in [3.63, 3.8) is 0 Å². The lowest BCUT2D eigenvalue weighted by molar-refractivity contribution is 0.0290. The fourth-order valence-corrected chi connectivity index (χ4v) is 5.35. The van der Waals surface area contributed by atoms with Crippen LogP contribution in [0.15, 0.2) is 23.3 Å². The summed E-state index contributed by atoms with van der Waals surface area (Å²) in [6.45, 7) is 17.5. The number of amides is 1. The molecule has 0 aromatic carbocycles. The molecule has 0 radical (unpaired) electrons. The fraction of sp³-hybridized carbons (Fsp3) is 0.773. The first-order valence-corrected chi connectivity index (χ1v) is 12.1. The lowest BCUT2D eigenvalue weighted by Gasteiger charge is -2.35. The van der Waals surface area contributed by atoms with Gasteiger partial charge in [-0.25, -0.2) is 14.0 Å². The number of hydrogen-bond acceptors (Lipinski definition) is 5. The molecule has 0 aliphatic heterocycles. The highest BCUT2D eigenvalue weighted by Gasteiger charge is 2.42. The van der Waals surface area contributed by atoms with E-state index in [9.17, 15) is 9.36 Å². The van der Waals surface area contributed by atoms with Crippen LogP contribution in [0, 0.1) is 5.41 Å². The zero-order valence-corrected chi connectivity index (χ0v) is 20.6. The molecule has 29 heavy (non-hydrogen) atoms. The highest BCUT2D eigenvalue weighted by atomic mass is 31.2. The van der Waals surface area contributed by atoms with E-state index in [-0.39, 0.29) is 18.6 Å². The van der Waals surface area contributed by atoms with E-state index in [4.69, 9.17) is 13.8 Å². The number of rotatable bonds is 8. The largest absolute Gasteiger partial charge is 0.443 e. The van der Waals surface area contributed by atoms with Crippen molar-refractivity contribution in [1.29, 1.82) is 0 Å². The summed E-state index contributed by atoms with van der Waals surface area (Å²) in [4.78, 5) is 13.0. The molecule has 0 aromatic rings. The summed E-state index contributed by atoms with van der Waals surface area (Å²) in [5, 5.41) is 0. The molecule has 1 rings (SSSR count). The Morgan fingerprint density at radius 2 is 1.79 bits per heavy atom. The fourth-order valence-electron chi connectivity index (χ4n) is 3.61. The monoisotopic (exact) mass is 429 g/mol. The quantitative estimate of drug-likeness (QED) is 0.394. The third kappa shape index (κ3) is 7.27. The van der Waals surface area contributed by atoms with Crippen LogP contribution in [-0.2, 0) is 18.3 Å². The van der Waals surface area contributed by atoms with E-state index in [2.05, 4.69) is 26.8 Å². The van der Waals surface area contributed by atoms with Crippen molar-refractivity contribution in [3.05, 3.63) is 23.3 Å². The van der Waals surface area contributed by atoms with Gasteiger partial charge in [-0.2, -0.15) is 0 Å². The van der Waals surface area contributed by atoms with E-state index in [1.807, 2.05) is 6.08 Å². The van der Waals surface area contributed by atoms with Crippen LogP contribution in [0.5, 0.6) is 0 Å². The molecule has 6 nitrogen and oxygen atoms in total. The predicted molar refractivity (Wildman–Crippen MR) is 118 cm³/mol. The minimum absolute atomic E-state index is 0.0683. The number of hydrogen-bond donors (Lipinski definition) is 0. The molecule has 0 saturated carbocycles. The van der Waals surface area contributed by atoms with E-state index >= 15 is 0 Å². The number of allylic oxidation sites excluding steroid dienone is 3. The van der Waals surface area contributed by atoms with Crippen molar-refractivity contribution in [2.75, 3.05) is 13.2 Å². The molecule has 0 heterocycles. The third-order valence-corrected chi connectivity index (χ3v) is 7.12. The molecule has 1 amide bonds. The summed E-state index contributed by atoms with van der Waals surface area (Å²) in [6.07, 6.45) is 6.60. The zero-order chi connectivity index (χ0) is 22.5. The minimum atomic E-state index is -3.85. The second kappa shape index (κ2) is 10.3. The molecule has 0 saturated heterocycles. The molecule has 1 atom stereocenters. The Kier molecular flexibility index (Phi) is 9.19. The van der Waals surface area contributed by atoms with Crippen molar-refractivity contribution in [2.24, 2.45) is 5.41 Å². The second-order valence-electron chi connectivity index (χ2n) is 9.16. The average Bonchev–Trinajstić information content (AvgIpc) is 2.52. The van der Waals surface area contributed by atoms with Gasteiger partial charge in [0.1, 0.15) is 5.60 Å². The lowest BCUT2D eigenvalue weighted by Crippen LogP contribution is -2.40. The van der Waals surface area contributed by atoms with Crippen molar-refractivity contribution in [1.82, 2.24) is 4.67 Å². The first-order chi connectivity index (χ1) is 13.3. The summed E-state index contributed by atoms with van der Waals surface area (Å²) in [5.41, 5.74) is 1.96. The van der Waals surface area contributed by atoms with Crippen LogP contribution in [0.4, 0.5) is 4.79 Å². The van der Waals surface area contributed by atoms with Gasteiger partial charge in [0.15, 0.2) is 0 Å². The van der Waals surface area contributed by atoms with Gasteiger partial charge >= 0.3 is 13.8 Å². The number of carbonyl (C=O) groups is 1. The topological polar surface area (TPSA) is 65.1 Å². The van der Waals surface area contributed by atoms with E-state index in [0.29, 0.717) is 0 Å². The molecule has 1 aliphatic rings.